The van der Waals surface area contributed by atoms with Crippen LogP contribution in [0, 0.1) is 0 Å². The number of hydrogen-bond acceptors (Lipinski definition) is 4. The van der Waals surface area contributed by atoms with E-state index < -0.39 is 7.12 Å². The zero-order valence-electron chi connectivity index (χ0n) is 10.9. The van der Waals surface area contributed by atoms with Crippen molar-refractivity contribution in [2.45, 2.75) is 0 Å². The molecule has 5 nitrogen and oxygen atoms in total. The van der Waals surface area contributed by atoms with Gasteiger partial charge < -0.3 is 10.0 Å². The average Bonchev–Trinajstić information content (AvgIpc) is 2.97. The largest absolute Gasteiger partial charge is 0.488 e. The molecule has 0 saturated carbocycles. The second kappa shape index (κ2) is 5.69. The van der Waals surface area contributed by atoms with Crippen molar-refractivity contribution in [2.75, 3.05) is 0 Å². The summed E-state index contributed by atoms with van der Waals surface area (Å²) in [5.41, 5.74) is 2.61. The van der Waals surface area contributed by atoms with Gasteiger partial charge in [-0.2, -0.15) is 0 Å². The van der Waals surface area contributed by atoms with Crippen LogP contribution >= 0.6 is 11.6 Å². The third kappa shape index (κ3) is 2.97. The van der Waals surface area contributed by atoms with E-state index in [0.717, 1.165) is 11.3 Å². The number of halogens is 1. The summed E-state index contributed by atoms with van der Waals surface area (Å²) in [6.45, 7) is 0. The Balaban J connectivity index is 1.97. The molecule has 0 saturated heterocycles. The molecule has 7 heteroatoms. The predicted molar refractivity (Wildman–Crippen MR) is 81.6 cm³/mol. The van der Waals surface area contributed by atoms with Gasteiger partial charge in [-0.3, -0.25) is 0 Å². The molecular formula is C14H11BClN3O2. The van der Waals surface area contributed by atoms with Crippen molar-refractivity contribution in [1.82, 2.24) is 15.0 Å². The second-order valence-electron chi connectivity index (χ2n) is 4.53. The highest BCUT2D eigenvalue weighted by atomic mass is 35.5. The third-order valence-corrected chi connectivity index (χ3v) is 3.28. The minimum atomic E-state index is -1.51. The van der Waals surface area contributed by atoms with Gasteiger partial charge in [0, 0.05) is 10.6 Å². The van der Waals surface area contributed by atoms with E-state index >= 15 is 0 Å². The van der Waals surface area contributed by atoms with Crippen LogP contribution in [-0.4, -0.2) is 32.2 Å². The molecule has 1 heterocycles. The van der Waals surface area contributed by atoms with Crippen LogP contribution in [0.1, 0.15) is 0 Å². The molecule has 0 radical (unpaired) electrons. The summed E-state index contributed by atoms with van der Waals surface area (Å²) in [5, 5.41) is 27.2. The predicted octanol–water partition coefficient (Wildman–Crippen LogP) is 1.27. The van der Waals surface area contributed by atoms with E-state index in [2.05, 4.69) is 10.3 Å². The van der Waals surface area contributed by atoms with E-state index in [-0.39, 0.29) is 0 Å². The second-order valence-corrected chi connectivity index (χ2v) is 4.96. The van der Waals surface area contributed by atoms with Crippen LogP contribution in [0.5, 0.6) is 0 Å². The van der Waals surface area contributed by atoms with Crippen LogP contribution in [0.4, 0.5) is 0 Å². The molecule has 0 fully saturated rings. The SMILES string of the molecule is OB(O)c1cccc(-c2cn(-c3cccc(Cl)c3)nn2)c1. The summed E-state index contributed by atoms with van der Waals surface area (Å²) < 4.78 is 1.61. The van der Waals surface area contributed by atoms with Gasteiger partial charge in [0.25, 0.3) is 0 Å². The zero-order chi connectivity index (χ0) is 14.8. The molecule has 3 aromatic rings. The normalized spacial score (nSPS) is 10.6. The molecule has 0 aliphatic rings. The Morgan fingerprint density at radius 1 is 1.05 bits per heavy atom. The molecule has 0 amide bonds. The fourth-order valence-corrected chi connectivity index (χ4v) is 2.18. The molecule has 0 unspecified atom stereocenters. The molecule has 2 N–H and O–H groups in total. The van der Waals surface area contributed by atoms with Gasteiger partial charge in [0.2, 0.25) is 0 Å². The lowest BCUT2D eigenvalue weighted by molar-refractivity contribution is 0.426. The summed E-state index contributed by atoms with van der Waals surface area (Å²) in [4.78, 5) is 0. The van der Waals surface area contributed by atoms with Gasteiger partial charge in [0.15, 0.2) is 0 Å². The summed E-state index contributed by atoms with van der Waals surface area (Å²) >= 11 is 5.96. The molecule has 21 heavy (non-hydrogen) atoms. The maximum Gasteiger partial charge on any atom is 0.488 e. The summed E-state index contributed by atoms with van der Waals surface area (Å²) in [6, 6.07) is 14.1. The van der Waals surface area contributed by atoms with Crippen molar-refractivity contribution in [3.05, 3.63) is 59.8 Å². The van der Waals surface area contributed by atoms with E-state index in [1.54, 1.807) is 41.2 Å². The molecular weight excluding hydrogens is 288 g/mol. The van der Waals surface area contributed by atoms with Gasteiger partial charge in [0.1, 0.15) is 5.69 Å². The maximum absolute atomic E-state index is 9.21. The Morgan fingerprint density at radius 3 is 2.62 bits per heavy atom. The van der Waals surface area contributed by atoms with Gasteiger partial charge in [-0.15, -0.1) is 5.10 Å². The highest BCUT2D eigenvalue weighted by Crippen LogP contribution is 2.18. The van der Waals surface area contributed by atoms with E-state index in [4.69, 9.17) is 11.6 Å². The molecule has 0 spiro atoms. The standard InChI is InChI=1S/C14H11BClN3O2/c16-12-5-2-6-13(8-12)19-9-14(17-18-19)10-3-1-4-11(7-10)15(20)21/h1-9,20-21H. The Kier molecular flexibility index (Phi) is 3.75. The van der Waals surface area contributed by atoms with Crippen molar-refractivity contribution < 1.29 is 10.0 Å². The quantitative estimate of drug-likeness (QED) is 0.715. The fourth-order valence-electron chi connectivity index (χ4n) is 2.00. The van der Waals surface area contributed by atoms with Crippen molar-refractivity contribution >= 4 is 24.2 Å². The molecule has 2 aromatic carbocycles. The lowest BCUT2D eigenvalue weighted by Gasteiger charge is -2.01. The first-order valence-electron chi connectivity index (χ1n) is 6.28. The first-order chi connectivity index (χ1) is 10.1. The van der Waals surface area contributed by atoms with Crippen molar-refractivity contribution in [1.29, 1.82) is 0 Å². The zero-order valence-corrected chi connectivity index (χ0v) is 11.6. The minimum Gasteiger partial charge on any atom is -0.423 e. The summed E-state index contributed by atoms with van der Waals surface area (Å²) in [5.74, 6) is 0. The Morgan fingerprint density at radius 2 is 1.86 bits per heavy atom. The molecule has 0 aliphatic heterocycles. The van der Waals surface area contributed by atoms with Gasteiger partial charge in [-0.05, 0) is 23.7 Å². The number of nitrogens with zero attached hydrogens (tertiary/aromatic N) is 3. The number of benzene rings is 2. The van der Waals surface area contributed by atoms with Gasteiger partial charge in [-0.1, -0.05) is 47.1 Å². The maximum atomic E-state index is 9.21. The molecule has 1 aromatic heterocycles. The van der Waals surface area contributed by atoms with Crippen molar-refractivity contribution in [3.8, 4) is 16.9 Å². The first-order valence-corrected chi connectivity index (χ1v) is 6.66. The lowest BCUT2D eigenvalue weighted by atomic mass is 9.79. The Labute approximate surface area is 126 Å². The van der Waals surface area contributed by atoms with Gasteiger partial charge >= 0.3 is 7.12 Å². The molecule has 3 rings (SSSR count). The van der Waals surface area contributed by atoms with Crippen molar-refractivity contribution in [3.63, 3.8) is 0 Å². The highest BCUT2D eigenvalue weighted by Gasteiger charge is 2.13. The summed E-state index contributed by atoms with van der Waals surface area (Å²) in [7, 11) is -1.51. The van der Waals surface area contributed by atoms with Crippen LogP contribution in [-0.2, 0) is 0 Å². The van der Waals surface area contributed by atoms with Gasteiger partial charge in [0.05, 0.1) is 11.9 Å². The molecule has 0 atom stereocenters. The Hall–Kier alpha value is -2.15. The monoisotopic (exact) mass is 299 g/mol. The topological polar surface area (TPSA) is 71.2 Å². The summed E-state index contributed by atoms with van der Waals surface area (Å²) in [6.07, 6.45) is 1.76. The number of aromatic nitrogens is 3. The smallest absolute Gasteiger partial charge is 0.423 e. The van der Waals surface area contributed by atoms with Crippen LogP contribution < -0.4 is 5.46 Å². The Bertz CT molecular complexity index is 776. The van der Waals surface area contributed by atoms with E-state index in [9.17, 15) is 10.0 Å². The highest BCUT2D eigenvalue weighted by molar-refractivity contribution is 6.58. The minimum absolute atomic E-state index is 0.407. The average molecular weight is 300 g/mol. The number of rotatable bonds is 3. The number of hydrogen-bond donors (Lipinski definition) is 2. The van der Waals surface area contributed by atoms with Crippen LogP contribution in [0.2, 0.25) is 5.02 Å². The van der Waals surface area contributed by atoms with E-state index in [0.29, 0.717) is 16.2 Å². The van der Waals surface area contributed by atoms with Crippen LogP contribution in [0.25, 0.3) is 16.9 Å². The molecule has 104 valence electrons. The van der Waals surface area contributed by atoms with Crippen LogP contribution in [0.15, 0.2) is 54.7 Å². The van der Waals surface area contributed by atoms with Crippen molar-refractivity contribution in [2.24, 2.45) is 0 Å². The third-order valence-electron chi connectivity index (χ3n) is 3.05. The van der Waals surface area contributed by atoms with Crippen LogP contribution in [0.3, 0.4) is 0 Å². The van der Waals surface area contributed by atoms with Gasteiger partial charge in [-0.25, -0.2) is 4.68 Å². The van der Waals surface area contributed by atoms with E-state index in [1.165, 1.54) is 0 Å². The first kappa shape index (κ1) is 13.8. The lowest BCUT2D eigenvalue weighted by Crippen LogP contribution is -2.29. The molecule has 0 aliphatic carbocycles. The molecule has 0 bridgehead atoms. The van der Waals surface area contributed by atoms with E-state index in [1.807, 2.05) is 18.2 Å². The fraction of sp³-hybridized carbons (Fsp3) is 0.